The third-order valence-electron chi connectivity index (χ3n) is 5.22. The van der Waals surface area contributed by atoms with Crippen molar-refractivity contribution in [1.82, 2.24) is 14.5 Å². The van der Waals surface area contributed by atoms with Gasteiger partial charge in [-0.05, 0) is 48.5 Å². The molecule has 3 heterocycles. The van der Waals surface area contributed by atoms with Gasteiger partial charge in [0, 0.05) is 40.6 Å². The summed E-state index contributed by atoms with van der Waals surface area (Å²) in [7, 11) is 0. The summed E-state index contributed by atoms with van der Waals surface area (Å²) in [6.07, 6.45) is 5.34. The summed E-state index contributed by atoms with van der Waals surface area (Å²) >= 11 is 0. The zero-order chi connectivity index (χ0) is 20.9. The minimum absolute atomic E-state index is 0. The summed E-state index contributed by atoms with van der Waals surface area (Å²) in [6.45, 7) is 0. The molecule has 0 radical (unpaired) electrons. The smallest absolute Gasteiger partial charge is 0.309 e. The molecule has 0 spiro atoms. The van der Waals surface area contributed by atoms with Crippen LogP contribution in [0.3, 0.4) is 0 Å². The van der Waals surface area contributed by atoms with Gasteiger partial charge in [0.25, 0.3) is 0 Å². The van der Waals surface area contributed by atoms with Gasteiger partial charge < -0.3 is 4.57 Å². The molecule has 3 nitrogen and oxygen atoms in total. The van der Waals surface area contributed by atoms with Gasteiger partial charge in [-0.2, -0.15) is 0 Å². The fraction of sp³-hybridized carbons (Fsp3) is 0. The molecule has 0 aliphatic heterocycles. The maximum absolute atomic E-state index is 4.50. The van der Waals surface area contributed by atoms with Gasteiger partial charge in [0.1, 0.15) is 0 Å². The molecule has 6 rings (SSSR count). The van der Waals surface area contributed by atoms with Crippen molar-refractivity contribution >= 4 is 21.8 Å². The number of para-hydroxylation sites is 2. The summed E-state index contributed by atoms with van der Waals surface area (Å²) in [4.78, 5) is 8.29. The second-order valence-corrected chi connectivity index (χ2v) is 7.16. The predicted octanol–water partition coefficient (Wildman–Crippen LogP) is 6.92. The number of hydrogen-bond donors (Lipinski definition) is 0. The van der Waals surface area contributed by atoms with E-state index in [-0.39, 0.29) is 21.1 Å². The Bertz CT molecular complexity index is 1390. The molecule has 0 amide bonds. The van der Waals surface area contributed by atoms with E-state index in [0.29, 0.717) is 0 Å². The average Bonchev–Trinajstić information content (AvgIpc) is 3.20. The van der Waals surface area contributed by atoms with Crippen molar-refractivity contribution in [2.24, 2.45) is 0 Å². The molecule has 0 fully saturated rings. The first-order chi connectivity index (χ1) is 15.4. The van der Waals surface area contributed by atoms with E-state index in [0.717, 1.165) is 11.3 Å². The van der Waals surface area contributed by atoms with Crippen LogP contribution in [0.4, 0.5) is 0 Å². The van der Waals surface area contributed by atoms with E-state index in [1.54, 1.807) is 12.4 Å². The van der Waals surface area contributed by atoms with Gasteiger partial charge in [0.2, 0.25) is 0 Å². The van der Waals surface area contributed by atoms with Crippen LogP contribution in [-0.4, -0.2) is 14.5 Å². The molecule has 0 unspecified atom stereocenters. The number of hydrogen-bond acceptors (Lipinski definition) is 2. The third-order valence-corrected chi connectivity index (χ3v) is 5.22. The summed E-state index contributed by atoms with van der Waals surface area (Å²) in [5.41, 5.74) is 5.73. The van der Waals surface area contributed by atoms with Crippen LogP contribution in [0, 0.1) is 0 Å². The minimum Gasteiger partial charge on any atom is -0.309 e. The summed E-state index contributed by atoms with van der Waals surface area (Å²) in [6, 6.07) is 37.4. The van der Waals surface area contributed by atoms with Gasteiger partial charge in [0.15, 0.2) is 0 Å². The van der Waals surface area contributed by atoms with Gasteiger partial charge >= 0.3 is 21.1 Å². The van der Waals surface area contributed by atoms with E-state index in [1.165, 1.54) is 27.5 Å². The van der Waals surface area contributed by atoms with Crippen molar-refractivity contribution in [2.75, 3.05) is 0 Å². The topological polar surface area (TPSA) is 30.7 Å². The van der Waals surface area contributed by atoms with E-state index < -0.39 is 0 Å². The predicted molar refractivity (Wildman–Crippen MR) is 128 cm³/mol. The van der Waals surface area contributed by atoms with Crippen LogP contribution in [0.25, 0.3) is 38.8 Å². The van der Waals surface area contributed by atoms with Gasteiger partial charge in [0.05, 0.1) is 16.7 Å². The molecule has 0 aliphatic carbocycles. The van der Waals surface area contributed by atoms with Gasteiger partial charge in [-0.1, -0.05) is 60.7 Å². The molecular formula is C28H21N3Pt+2. The number of pyridine rings is 2. The Labute approximate surface area is 201 Å². The fourth-order valence-corrected chi connectivity index (χ4v) is 3.83. The molecule has 0 N–H and O–H groups in total. The van der Waals surface area contributed by atoms with Crippen LogP contribution in [0.1, 0.15) is 0 Å². The van der Waals surface area contributed by atoms with Crippen LogP contribution in [0.15, 0.2) is 128 Å². The van der Waals surface area contributed by atoms with Crippen molar-refractivity contribution in [3.8, 4) is 16.9 Å². The molecular weight excluding hydrogens is 573 g/mol. The third kappa shape index (κ3) is 4.39. The number of nitrogens with zero attached hydrogens (tertiary/aromatic N) is 3. The molecule has 32 heavy (non-hydrogen) atoms. The molecule has 0 saturated heterocycles. The summed E-state index contributed by atoms with van der Waals surface area (Å²) in [5, 5.41) is 2.54. The quantitative estimate of drug-likeness (QED) is 0.218. The van der Waals surface area contributed by atoms with Crippen LogP contribution >= 0.6 is 0 Å². The second kappa shape index (κ2) is 10.2. The molecule has 6 aromatic rings. The number of fused-ring (bicyclic) bond motifs is 3. The molecule has 3 aromatic heterocycles. The number of rotatable bonds is 2. The van der Waals surface area contributed by atoms with Crippen LogP contribution in [0.2, 0.25) is 0 Å². The Morgan fingerprint density at radius 3 is 1.88 bits per heavy atom. The number of aromatic nitrogens is 3. The average molecular weight is 595 g/mol. The second-order valence-electron chi connectivity index (χ2n) is 7.16. The Balaban J connectivity index is 0.000000306. The first-order valence-electron chi connectivity index (χ1n) is 10.3. The Morgan fingerprint density at radius 1 is 0.531 bits per heavy atom. The van der Waals surface area contributed by atoms with E-state index in [4.69, 9.17) is 0 Å². The summed E-state index contributed by atoms with van der Waals surface area (Å²) < 4.78 is 2.33. The van der Waals surface area contributed by atoms with Gasteiger partial charge in [-0.15, -0.1) is 0 Å². The zero-order valence-electron chi connectivity index (χ0n) is 17.3. The fourth-order valence-electron chi connectivity index (χ4n) is 3.83. The molecule has 0 saturated carbocycles. The van der Waals surface area contributed by atoms with Crippen molar-refractivity contribution in [1.29, 1.82) is 0 Å². The van der Waals surface area contributed by atoms with Crippen LogP contribution < -0.4 is 0 Å². The zero-order valence-corrected chi connectivity index (χ0v) is 19.6. The largest absolute Gasteiger partial charge is 2.00 e. The Morgan fingerprint density at radius 2 is 1.19 bits per heavy atom. The maximum Gasteiger partial charge on any atom is 2.00 e. The van der Waals surface area contributed by atoms with E-state index in [9.17, 15) is 0 Å². The Hall–Kier alpha value is -3.55. The van der Waals surface area contributed by atoms with E-state index in [1.807, 2.05) is 36.5 Å². The monoisotopic (exact) mass is 594 g/mol. The molecule has 0 atom stereocenters. The first kappa shape index (κ1) is 21.7. The maximum atomic E-state index is 4.50. The van der Waals surface area contributed by atoms with Crippen molar-refractivity contribution in [2.45, 2.75) is 0 Å². The van der Waals surface area contributed by atoms with Crippen molar-refractivity contribution < 1.29 is 21.1 Å². The van der Waals surface area contributed by atoms with Crippen LogP contribution in [0.5, 0.6) is 0 Å². The Kier molecular flexibility index (Phi) is 6.89. The van der Waals surface area contributed by atoms with Gasteiger partial charge in [-0.3, -0.25) is 9.97 Å². The van der Waals surface area contributed by atoms with Crippen molar-refractivity contribution in [3.63, 3.8) is 0 Å². The first-order valence-corrected chi connectivity index (χ1v) is 10.3. The molecule has 0 aliphatic rings. The van der Waals surface area contributed by atoms with Crippen LogP contribution in [-0.2, 0) is 21.1 Å². The van der Waals surface area contributed by atoms with E-state index >= 15 is 0 Å². The van der Waals surface area contributed by atoms with Crippen molar-refractivity contribution in [3.05, 3.63) is 128 Å². The minimum atomic E-state index is 0. The van der Waals surface area contributed by atoms with Gasteiger partial charge in [-0.25, -0.2) is 0 Å². The van der Waals surface area contributed by atoms with E-state index in [2.05, 4.69) is 93.4 Å². The molecule has 3 aromatic carbocycles. The molecule has 4 heteroatoms. The molecule has 0 bridgehead atoms. The SMILES string of the molecule is [Pt+2].c1ccc(-n2c3ccccc3c3ccc(-c4ccccn4)cc32)cc1.c1ccncc1. The summed E-state index contributed by atoms with van der Waals surface area (Å²) in [5.74, 6) is 0. The normalized spacial score (nSPS) is 10.2. The standard InChI is InChI=1S/C23H16N2.C5H5N.Pt/c1-2-8-18(9-3-1)25-22-12-5-4-10-19(22)20-14-13-17(16-23(20)25)21-11-6-7-15-24-21;1-2-4-6-5-3-1;/h1-16H;1-5H;/q;;+2. The number of benzene rings is 3. The molecule has 156 valence electrons.